The molecule has 0 aromatic heterocycles. The lowest BCUT2D eigenvalue weighted by atomic mass is 10.0. The van der Waals surface area contributed by atoms with Gasteiger partial charge in [-0.2, -0.15) is 0 Å². The van der Waals surface area contributed by atoms with E-state index in [0.29, 0.717) is 0 Å². The molecule has 1 aliphatic heterocycles. The number of fused-ring (bicyclic) bond motifs is 1. The lowest BCUT2D eigenvalue weighted by Crippen LogP contribution is -2.46. The third kappa shape index (κ3) is 3.37. The summed E-state index contributed by atoms with van der Waals surface area (Å²) in [4.78, 5) is 0. The molecule has 1 saturated carbocycles. The van der Waals surface area contributed by atoms with E-state index in [4.69, 9.17) is 4.74 Å². The summed E-state index contributed by atoms with van der Waals surface area (Å²) in [5, 5.41) is 0. The summed E-state index contributed by atoms with van der Waals surface area (Å²) in [6.07, 6.45) is 9.61. The predicted molar refractivity (Wildman–Crippen MR) is 103 cm³/mol. The zero-order valence-electron chi connectivity index (χ0n) is 10.3. The van der Waals surface area contributed by atoms with Crippen LogP contribution >= 0.6 is 95.6 Å². The normalized spacial score (nSPS) is 42.6. The van der Waals surface area contributed by atoms with Crippen molar-refractivity contribution in [3.8, 4) is 0 Å². The van der Waals surface area contributed by atoms with E-state index in [-0.39, 0.29) is 7.74 Å². The summed E-state index contributed by atoms with van der Waals surface area (Å²) in [5.41, 5.74) is 0. The van der Waals surface area contributed by atoms with Gasteiger partial charge in [-0.05, 0) is 51.1 Å². The maximum Gasteiger partial charge on any atom is 0.190 e. The Kier molecular flexibility index (Phi) is 6.11. The van der Waals surface area contributed by atoms with Gasteiger partial charge in [0.2, 0.25) is 0 Å². The van der Waals surface area contributed by atoms with Crippen LogP contribution in [0.3, 0.4) is 0 Å². The topological polar surface area (TPSA) is 12.5 Å². The molecule has 2 rings (SSSR count). The lowest BCUT2D eigenvalue weighted by Gasteiger charge is -2.38. The molecule has 112 valence electrons. The lowest BCUT2D eigenvalue weighted by molar-refractivity contribution is 0.327. The molecule has 0 aromatic rings. The SMILES string of the molecule is BrC1(Br)CCCCCCCCC2(Br)OC2(Br)C1(Br)Br. The number of hydrogen-bond donors (Lipinski definition) is 0. The van der Waals surface area contributed by atoms with Crippen LogP contribution in [0.5, 0.6) is 0 Å². The Morgan fingerprint density at radius 1 is 0.632 bits per heavy atom. The number of rotatable bonds is 0. The molecule has 0 spiro atoms. The summed E-state index contributed by atoms with van der Waals surface area (Å²) >= 11 is 22.8. The molecule has 2 unspecified atom stereocenters. The van der Waals surface area contributed by atoms with E-state index in [1.165, 1.54) is 38.5 Å². The molecule has 0 amide bonds. The highest BCUT2D eigenvalue weighted by molar-refractivity contribution is 9.31. The largest absolute Gasteiger partial charge is 0.335 e. The second-order valence-corrected chi connectivity index (χ2v) is 14.9. The minimum atomic E-state index is -0.473. The van der Waals surface area contributed by atoms with E-state index in [0.717, 1.165) is 12.8 Å². The van der Waals surface area contributed by atoms with Crippen LogP contribution in [-0.4, -0.2) is 15.5 Å². The zero-order chi connectivity index (χ0) is 14.4. The molecule has 2 atom stereocenters. The Morgan fingerprint density at radius 2 is 1.11 bits per heavy atom. The van der Waals surface area contributed by atoms with Crippen LogP contribution in [0.4, 0.5) is 0 Å². The number of epoxide rings is 1. The maximum absolute atomic E-state index is 6.04. The van der Waals surface area contributed by atoms with Gasteiger partial charge in [0, 0.05) is 0 Å². The average Bonchev–Trinajstić information content (AvgIpc) is 2.86. The van der Waals surface area contributed by atoms with Gasteiger partial charge in [0.15, 0.2) is 9.02 Å². The first kappa shape index (κ1) is 18.2. The Bertz CT molecular complexity index is 347. The fourth-order valence-corrected chi connectivity index (χ4v) is 7.74. The predicted octanol–water partition coefficient (Wildman–Crippen LogP) is 7.31. The first-order chi connectivity index (χ1) is 8.66. The molecule has 19 heavy (non-hydrogen) atoms. The summed E-state index contributed by atoms with van der Waals surface area (Å²) < 4.78 is 4.54. The van der Waals surface area contributed by atoms with Gasteiger partial charge in [-0.1, -0.05) is 95.8 Å². The molecule has 0 bridgehead atoms. The highest BCUT2D eigenvalue weighted by Crippen LogP contribution is 2.74. The van der Waals surface area contributed by atoms with Gasteiger partial charge in [0.05, 0.1) is 0 Å². The highest BCUT2D eigenvalue weighted by atomic mass is 79.9. The van der Waals surface area contributed by atoms with Gasteiger partial charge in [-0.3, -0.25) is 0 Å². The van der Waals surface area contributed by atoms with Crippen LogP contribution in [0.25, 0.3) is 0 Å². The first-order valence-corrected chi connectivity index (χ1v) is 11.3. The van der Waals surface area contributed by atoms with Crippen LogP contribution in [0.15, 0.2) is 0 Å². The minimum Gasteiger partial charge on any atom is -0.335 e. The van der Waals surface area contributed by atoms with E-state index in [9.17, 15) is 0 Å². The molecule has 0 radical (unpaired) electrons. The number of ether oxygens (including phenoxy) is 1. The molecular formula is C12H16Br6O. The van der Waals surface area contributed by atoms with Crippen LogP contribution in [0.1, 0.15) is 51.4 Å². The van der Waals surface area contributed by atoms with Gasteiger partial charge in [0.1, 0.15) is 6.47 Å². The highest BCUT2D eigenvalue weighted by Gasteiger charge is 2.79. The van der Waals surface area contributed by atoms with Crippen LogP contribution in [0, 0.1) is 0 Å². The van der Waals surface area contributed by atoms with Crippen molar-refractivity contribution in [2.45, 2.75) is 66.9 Å². The molecule has 1 aliphatic carbocycles. The Labute approximate surface area is 165 Å². The van der Waals surface area contributed by atoms with Crippen molar-refractivity contribution >= 4 is 95.6 Å². The molecule has 1 saturated heterocycles. The van der Waals surface area contributed by atoms with Gasteiger partial charge in [-0.15, -0.1) is 0 Å². The van der Waals surface area contributed by atoms with Crippen molar-refractivity contribution in [3.05, 3.63) is 0 Å². The van der Waals surface area contributed by atoms with Crippen molar-refractivity contribution in [2.75, 3.05) is 0 Å². The molecule has 2 fully saturated rings. The molecular weight excluding hydrogens is 640 g/mol. The van der Waals surface area contributed by atoms with E-state index in [1.54, 1.807) is 0 Å². The van der Waals surface area contributed by atoms with Crippen LogP contribution < -0.4 is 0 Å². The van der Waals surface area contributed by atoms with Crippen LogP contribution in [-0.2, 0) is 4.74 Å². The average molecular weight is 656 g/mol. The van der Waals surface area contributed by atoms with Gasteiger partial charge < -0.3 is 4.74 Å². The van der Waals surface area contributed by atoms with Gasteiger partial charge in [-0.25, -0.2) is 0 Å². The van der Waals surface area contributed by atoms with E-state index in [1.807, 2.05) is 0 Å². The second kappa shape index (κ2) is 6.39. The molecule has 0 aromatic carbocycles. The quantitative estimate of drug-likeness (QED) is 0.197. The second-order valence-electron chi connectivity index (χ2n) is 5.33. The fraction of sp³-hybridized carbons (Fsp3) is 1.00. The minimum absolute atomic E-state index is 0.273. The zero-order valence-corrected chi connectivity index (χ0v) is 19.8. The summed E-state index contributed by atoms with van der Waals surface area (Å²) in [5.74, 6) is 0. The maximum atomic E-state index is 6.04. The summed E-state index contributed by atoms with van der Waals surface area (Å²) in [6, 6.07) is 0. The Balaban J connectivity index is 2.21. The van der Waals surface area contributed by atoms with E-state index >= 15 is 0 Å². The van der Waals surface area contributed by atoms with Crippen molar-refractivity contribution in [2.24, 2.45) is 0 Å². The fourth-order valence-electron chi connectivity index (χ4n) is 2.51. The first-order valence-electron chi connectivity index (χ1n) is 6.50. The van der Waals surface area contributed by atoms with Crippen molar-refractivity contribution in [1.82, 2.24) is 0 Å². The molecule has 1 heterocycles. The van der Waals surface area contributed by atoms with E-state index < -0.39 is 7.74 Å². The number of alkyl halides is 6. The number of hydrogen-bond acceptors (Lipinski definition) is 1. The van der Waals surface area contributed by atoms with Crippen LogP contribution in [0.2, 0.25) is 0 Å². The van der Waals surface area contributed by atoms with Crippen molar-refractivity contribution in [1.29, 1.82) is 0 Å². The Hall–Kier alpha value is 2.84. The number of halogens is 6. The summed E-state index contributed by atoms with van der Waals surface area (Å²) in [7, 11) is 0. The van der Waals surface area contributed by atoms with Crippen molar-refractivity contribution in [3.63, 3.8) is 0 Å². The van der Waals surface area contributed by atoms with E-state index in [2.05, 4.69) is 95.6 Å². The van der Waals surface area contributed by atoms with Crippen molar-refractivity contribution < 1.29 is 4.74 Å². The monoisotopic (exact) mass is 650 g/mol. The van der Waals surface area contributed by atoms with Gasteiger partial charge in [0.25, 0.3) is 0 Å². The van der Waals surface area contributed by atoms with Gasteiger partial charge >= 0.3 is 0 Å². The molecule has 2 aliphatic rings. The molecule has 7 heteroatoms. The standard InChI is InChI=1S/C12H16Br6O/c13-9(14)7-5-3-1-2-4-6-8-10(15)12(18,19-10)11(9,16)17/h1-8H2. The smallest absolute Gasteiger partial charge is 0.190 e. The third-order valence-electron chi connectivity index (χ3n) is 3.84. The molecule has 1 nitrogen and oxygen atoms in total. The summed E-state index contributed by atoms with van der Waals surface area (Å²) in [6.45, 7) is 0. The Morgan fingerprint density at radius 3 is 1.68 bits per heavy atom. The molecule has 0 N–H and O–H groups in total. The third-order valence-corrected chi connectivity index (χ3v) is 14.5.